The summed E-state index contributed by atoms with van der Waals surface area (Å²) in [5.41, 5.74) is 18.3. The zero-order chi connectivity index (χ0) is 35.4. The van der Waals surface area contributed by atoms with Crippen LogP contribution in [-0.4, -0.2) is 9.97 Å². The van der Waals surface area contributed by atoms with Gasteiger partial charge in [0, 0.05) is 16.5 Å². The molecule has 2 spiro atoms. The van der Waals surface area contributed by atoms with Gasteiger partial charge in [-0.05, 0) is 72.8 Å². The highest BCUT2D eigenvalue weighted by Crippen LogP contribution is 2.68. The summed E-state index contributed by atoms with van der Waals surface area (Å²) in [6, 6.07) is 71.4. The first-order valence-electron chi connectivity index (χ1n) is 18.8. The summed E-state index contributed by atoms with van der Waals surface area (Å²) in [4.78, 5) is 11.0. The van der Waals surface area contributed by atoms with Crippen molar-refractivity contribution in [1.82, 2.24) is 9.97 Å². The summed E-state index contributed by atoms with van der Waals surface area (Å²) >= 11 is 0. The molecule has 8 aromatic carbocycles. The molecule has 1 heterocycles. The molecule has 9 aromatic rings. The van der Waals surface area contributed by atoms with Gasteiger partial charge in [0.1, 0.15) is 0 Å². The van der Waals surface area contributed by atoms with Crippen LogP contribution in [0.3, 0.4) is 0 Å². The lowest BCUT2D eigenvalue weighted by molar-refractivity contribution is 0.634. The Balaban J connectivity index is 1.31. The minimum absolute atomic E-state index is 0.564. The Bertz CT molecular complexity index is 2920. The van der Waals surface area contributed by atoms with Crippen LogP contribution >= 0.6 is 0 Å². The number of aromatic nitrogens is 2. The van der Waals surface area contributed by atoms with Gasteiger partial charge in [0.25, 0.3) is 0 Å². The van der Waals surface area contributed by atoms with E-state index in [0.717, 1.165) is 33.5 Å². The standard InChI is InChI=1S/C52H32N2/c1-2-17-33(18-3-1)49-38-23-8-15-32-47(38)53-50(54-49)39-24-16-31-46-48(39)52(42-27-11-6-21-36(42)37-22-7-12-28-43(37)52)45-30-14-13-29-44(45)51(46)40-25-9-4-19-34(40)35-20-5-10-26-41(35)51/h1-32H. The number of nitrogens with zero attached hydrogens (tertiary/aromatic N) is 2. The Morgan fingerprint density at radius 2 is 0.722 bits per heavy atom. The number of hydrogen-bond acceptors (Lipinski definition) is 2. The van der Waals surface area contributed by atoms with Crippen LogP contribution in [0.4, 0.5) is 0 Å². The highest BCUT2D eigenvalue weighted by molar-refractivity contribution is 5.97. The van der Waals surface area contributed by atoms with Gasteiger partial charge in [-0.25, -0.2) is 9.97 Å². The Labute approximate surface area is 314 Å². The second kappa shape index (κ2) is 10.8. The van der Waals surface area contributed by atoms with Crippen LogP contribution in [0.25, 0.3) is 55.8 Å². The van der Waals surface area contributed by atoms with Crippen molar-refractivity contribution in [2.75, 3.05) is 0 Å². The molecule has 0 atom stereocenters. The molecule has 3 aliphatic carbocycles. The van der Waals surface area contributed by atoms with E-state index in [-0.39, 0.29) is 0 Å². The van der Waals surface area contributed by atoms with Gasteiger partial charge in [0.05, 0.1) is 22.0 Å². The minimum atomic E-state index is -0.630. The topological polar surface area (TPSA) is 25.8 Å². The van der Waals surface area contributed by atoms with Gasteiger partial charge in [0.15, 0.2) is 5.82 Å². The van der Waals surface area contributed by atoms with Gasteiger partial charge >= 0.3 is 0 Å². The molecule has 3 aliphatic rings. The van der Waals surface area contributed by atoms with Gasteiger partial charge in [-0.3, -0.25) is 0 Å². The average molecular weight is 685 g/mol. The van der Waals surface area contributed by atoms with E-state index in [0.29, 0.717) is 0 Å². The van der Waals surface area contributed by atoms with Gasteiger partial charge in [0.2, 0.25) is 0 Å². The van der Waals surface area contributed by atoms with Crippen molar-refractivity contribution in [3.63, 3.8) is 0 Å². The maximum absolute atomic E-state index is 5.56. The molecule has 0 aliphatic heterocycles. The summed E-state index contributed by atoms with van der Waals surface area (Å²) in [5.74, 6) is 0.736. The van der Waals surface area contributed by atoms with Crippen molar-refractivity contribution in [2.45, 2.75) is 10.8 Å². The molecule has 12 rings (SSSR count). The van der Waals surface area contributed by atoms with Crippen LogP contribution in [0, 0.1) is 0 Å². The lowest BCUT2D eigenvalue weighted by atomic mass is 9.51. The summed E-state index contributed by atoms with van der Waals surface area (Å²) in [7, 11) is 0. The monoisotopic (exact) mass is 684 g/mol. The fourth-order valence-electron chi connectivity index (χ4n) is 10.5. The van der Waals surface area contributed by atoms with Crippen LogP contribution in [0.15, 0.2) is 194 Å². The molecule has 2 heteroatoms. The fourth-order valence-corrected chi connectivity index (χ4v) is 10.5. The third-order valence-electron chi connectivity index (χ3n) is 12.4. The maximum Gasteiger partial charge on any atom is 0.160 e. The second-order valence-electron chi connectivity index (χ2n) is 14.7. The predicted molar refractivity (Wildman–Crippen MR) is 219 cm³/mol. The molecule has 0 radical (unpaired) electrons. The van der Waals surface area contributed by atoms with Gasteiger partial charge in [-0.1, -0.05) is 188 Å². The molecule has 0 fully saturated rings. The number of rotatable bonds is 2. The molecule has 2 nitrogen and oxygen atoms in total. The van der Waals surface area contributed by atoms with E-state index < -0.39 is 10.8 Å². The van der Waals surface area contributed by atoms with Crippen molar-refractivity contribution in [3.05, 3.63) is 239 Å². The third-order valence-corrected chi connectivity index (χ3v) is 12.4. The Morgan fingerprint density at radius 1 is 0.296 bits per heavy atom. The Kier molecular flexibility index (Phi) is 5.94. The number of fused-ring (bicyclic) bond motifs is 17. The first kappa shape index (κ1) is 29.7. The SMILES string of the molecule is c1ccc(-c2nc(-c3cccc4c3C3(c5ccccc5-c5ccccc53)c3ccccc3C43c4ccccc4-c4ccccc43)nc3ccccc23)cc1. The van der Waals surface area contributed by atoms with Crippen molar-refractivity contribution >= 4 is 10.9 Å². The molecule has 250 valence electrons. The van der Waals surface area contributed by atoms with E-state index in [1.54, 1.807) is 0 Å². The van der Waals surface area contributed by atoms with Crippen molar-refractivity contribution < 1.29 is 0 Å². The maximum atomic E-state index is 5.56. The largest absolute Gasteiger partial charge is 0.228 e. The van der Waals surface area contributed by atoms with E-state index in [9.17, 15) is 0 Å². The summed E-state index contributed by atoms with van der Waals surface area (Å²) in [6.45, 7) is 0. The fraction of sp³-hybridized carbons (Fsp3) is 0.0385. The molecular weight excluding hydrogens is 653 g/mol. The quantitative estimate of drug-likeness (QED) is 0.181. The van der Waals surface area contributed by atoms with Crippen LogP contribution in [0.1, 0.15) is 44.5 Å². The first-order valence-corrected chi connectivity index (χ1v) is 18.8. The first-order chi connectivity index (χ1) is 26.8. The van der Waals surface area contributed by atoms with E-state index in [1.165, 1.54) is 66.8 Å². The smallest absolute Gasteiger partial charge is 0.160 e. The summed E-state index contributed by atoms with van der Waals surface area (Å²) < 4.78 is 0. The molecular formula is C52H32N2. The molecule has 1 aromatic heterocycles. The highest BCUT2D eigenvalue weighted by atomic mass is 14.9. The zero-order valence-electron chi connectivity index (χ0n) is 29.4. The predicted octanol–water partition coefficient (Wildman–Crippen LogP) is 12.0. The van der Waals surface area contributed by atoms with Gasteiger partial charge < -0.3 is 0 Å². The minimum Gasteiger partial charge on any atom is -0.228 e. The highest BCUT2D eigenvalue weighted by Gasteiger charge is 2.59. The third kappa shape index (κ3) is 3.55. The average Bonchev–Trinajstić information content (AvgIpc) is 3.71. The van der Waals surface area contributed by atoms with Crippen LogP contribution in [0.2, 0.25) is 0 Å². The lowest BCUT2D eigenvalue weighted by Gasteiger charge is -2.49. The van der Waals surface area contributed by atoms with Crippen molar-refractivity contribution in [1.29, 1.82) is 0 Å². The summed E-state index contributed by atoms with van der Waals surface area (Å²) in [5, 5.41) is 1.05. The van der Waals surface area contributed by atoms with Crippen molar-refractivity contribution in [3.8, 4) is 44.9 Å². The molecule has 0 unspecified atom stereocenters. The van der Waals surface area contributed by atoms with Gasteiger partial charge in [-0.15, -0.1) is 0 Å². The molecule has 0 N–H and O–H groups in total. The van der Waals surface area contributed by atoms with Crippen LogP contribution in [-0.2, 0) is 10.8 Å². The van der Waals surface area contributed by atoms with E-state index in [1.807, 2.05) is 0 Å². The number of para-hydroxylation sites is 1. The Hall–Kier alpha value is -6.90. The van der Waals surface area contributed by atoms with Crippen molar-refractivity contribution in [2.24, 2.45) is 0 Å². The molecule has 0 saturated heterocycles. The number of hydrogen-bond donors (Lipinski definition) is 0. The summed E-state index contributed by atoms with van der Waals surface area (Å²) in [6.07, 6.45) is 0. The van der Waals surface area contributed by atoms with Gasteiger partial charge in [-0.2, -0.15) is 0 Å². The van der Waals surface area contributed by atoms with Crippen LogP contribution < -0.4 is 0 Å². The second-order valence-corrected chi connectivity index (χ2v) is 14.7. The zero-order valence-corrected chi connectivity index (χ0v) is 29.4. The molecule has 54 heavy (non-hydrogen) atoms. The van der Waals surface area contributed by atoms with E-state index in [4.69, 9.17) is 9.97 Å². The lowest BCUT2D eigenvalue weighted by Crippen LogP contribution is -2.44. The molecule has 0 saturated carbocycles. The molecule has 0 amide bonds. The van der Waals surface area contributed by atoms with E-state index >= 15 is 0 Å². The Morgan fingerprint density at radius 3 is 1.31 bits per heavy atom. The molecule has 0 bridgehead atoms. The van der Waals surface area contributed by atoms with Crippen LogP contribution in [0.5, 0.6) is 0 Å². The number of benzene rings is 8. The van der Waals surface area contributed by atoms with E-state index in [2.05, 4.69) is 194 Å². The normalized spacial score (nSPS) is 14.6.